The monoisotopic (exact) mass is 371 g/mol. The first-order chi connectivity index (χ1) is 13.4. The highest BCUT2D eigenvalue weighted by Crippen LogP contribution is 2.15. The predicted molar refractivity (Wildman–Crippen MR) is 102 cm³/mol. The lowest BCUT2D eigenvalue weighted by atomic mass is 10.3. The highest BCUT2D eigenvalue weighted by Gasteiger charge is 2.21. The summed E-state index contributed by atoms with van der Waals surface area (Å²) in [6.45, 7) is 8.72. The zero-order valence-corrected chi connectivity index (χ0v) is 15.4. The third kappa shape index (κ3) is 4.77. The molecular weight excluding hydrogens is 346 g/mol. The Morgan fingerprint density at radius 1 is 0.926 bits per heavy atom. The van der Waals surface area contributed by atoms with Gasteiger partial charge in [0, 0.05) is 64.8 Å². The minimum Gasteiger partial charge on any atom is -0.379 e. The Balaban J connectivity index is 1.27. The molecule has 2 aliphatic rings. The molecule has 0 radical (unpaired) electrons. The number of hydrogen-bond acceptors (Lipinski definition) is 10. The number of nitrogens with zero attached hydrogens (tertiary/aromatic N) is 8. The van der Waals surface area contributed by atoms with Gasteiger partial charge in [-0.05, 0) is 6.07 Å². The Morgan fingerprint density at radius 3 is 2.37 bits per heavy atom. The van der Waals surface area contributed by atoms with Crippen molar-refractivity contribution in [2.24, 2.45) is 0 Å². The van der Waals surface area contributed by atoms with Crippen molar-refractivity contribution >= 4 is 17.7 Å². The third-order valence-corrected chi connectivity index (χ3v) is 4.78. The lowest BCUT2D eigenvalue weighted by Gasteiger charge is -2.34. The molecule has 144 valence electrons. The molecule has 0 unspecified atom stereocenters. The first kappa shape index (κ1) is 17.8. The van der Waals surface area contributed by atoms with E-state index in [9.17, 15) is 0 Å². The minimum absolute atomic E-state index is 0.667. The zero-order chi connectivity index (χ0) is 18.3. The summed E-state index contributed by atoms with van der Waals surface area (Å²) in [4.78, 5) is 20.0. The van der Waals surface area contributed by atoms with E-state index in [2.05, 4.69) is 45.2 Å². The lowest BCUT2D eigenvalue weighted by Crippen LogP contribution is -2.47. The molecule has 4 rings (SSSR count). The summed E-state index contributed by atoms with van der Waals surface area (Å²) in [7, 11) is 0. The van der Waals surface area contributed by atoms with E-state index in [0.717, 1.165) is 77.3 Å². The fourth-order valence-corrected chi connectivity index (χ4v) is 3.24. The summed E-state index contributed by atoms with van der Waals surface area (Å²) >= 11 is 0. The molecule has 0 bridgehead atoms. The molecule has 2 fully saturated rings. The van der Waals surface area contributed by atoms with Crippen molar-refractivity contribution in [1.82, 2.24) is 30.0 Å². The molecule has 4 heterocycles. The predicted octanol–water partition coefficient (Wildman–Crippen LogP) is -0.268. The van der Waals surface area contributed by atoms with Gasteiger partial charge < -0.3 is 19.9 Å². The Labute approximate surface area is 158 Å². The largest absolute Gasteiger partial charge is 0.379 e. The quantitative estimate of drug-likeness (QED) is 0.731. The van der Waals surface area contributed by atoms with Crippen molar-refractivity contribution in [3.8, 4) is 0 Å². The van der Waals surface area contributed by atoms with Crippen LogP contribution in [0.3, 0.4) is 0 Å². The number of ether oxygens (including phenoxy) is 1. The summed E-state index contributed by atoms with van der Waals surface area (Å²) in [5.74, 6) is 2.21. The maximum Gasteiger partial charge on any atom is 0.247 e. The highest BCUT2D eigenvalue weighted by atomic mass is 16.5. The van der Waals surface area contributed by atoms with Crippen LogP contribution in [0.2, 0.25) is 0 Å². The van der Waals surface area contributed by atoms with E-state index in [1.807, 2.05) is 6.07 Å². The van der Waals surface area contributed by atoms with Gasteiger partial charge in [0.05, 0.1) is 19.4 Å². The van der Waals surface area contributed by atoms with E-state index in [0.29, 0.717) is 5.95 Å². The van der Waals surface area contributed by atoms with Gasteiger partial charge in [0.25, 0.3) is 0 Å². The molecule has 10 nitrogen and oxygen atoms in total. The highest BCUT2D eigenvalue weighted by molar-refractivity contribution is 5.41. The number of anilines is 3. The second kappa shape index (κ2) is 8.87. The van der Waals surface area contributed by atoms with Crippen molar-refractivity contribution in [2.75, 3.05) is 80.7 Å². The first-order valence-electron chi connectivity index (χ1n) is 9.39. The van der Waals surface area contributed by atoms with Gasteiger partial charge in [-0.15, -0.1) is 5.10 Å². The molecule has 2 aromatic heterocycles. The molecule has 2 aliphatic heterocycles. The number of hydrogen-bond donors (Lipinski definition) is 1. The Morgan fingerprint density at radius 2 is 1.63 bits per heavy atom. The van der Waals surface area contributed by atoms with Gasteiger partial charge in [-0.3, -0.25) is 4.90 Å². The van der Waals surface area contributed by atoms with Crippen LogP contribution >= 0.6 is 0 Å². The normalized spacial score (nSPS) is 18.5. The summed E-state index contributed by atoms with van der Waals surface area (Å²) in [6, 6.07) is 1.83. The fourth-order valence-electron chi connectivity index (χ4n) is 3.24. The van der Waals surface area contributed by atoms with Crippen LogP contribution in [0.5, 0.6) is 0 Å². The Bertz CT molecular complexity index is 703. The Hall–Kier alpha value is -2.59. The number of rotatable bonds is 6. The summed E-state index contributed by atoms with van der Waals surface area (Å²) in [5, 5.41) is 11.7. The van der Waals surface area contributed by atoms with Crippen LogP contribution in [-0.2, 0) is 4.74 Å². The fraction of sp³-hybridized carbons (Fsp3) is 0.588. The number of piperazine rings is 1. The van der Waals surface area contributed by atoms with Gasteiger partial charge >= 0.3 is 0 Å². The van der Waals surface area contributed by atoms with Gasteiger partial charge in [-0.25, -0.2) is 9.97 Å². The van der Waals surface area contributed by atoms with E-state index in [1.165, 1.54) is 0 Å². The zero-order valence-electron chi connectivity index (χ0n) is 15.4. The van der Waals surface area contributed by atoms with Crippen LogP contribution in [0, 0.1) is 0 Å². The summed E-state index contributed by atoms with van der Waals surface area (Å²) in [6.07, 6.45) is 5.22. The molecule has 0 aliphatic carbocycles. The van der Waals surface area contributed by atoms with Crippen LogP contribution in [0.4, 0.5) is 17.7 Å². The topological polar surface area (TPSA) is 95.4 Å². The van der Waals surface area contributed by atoms with E-state index < -0.39 is 0 Å². The maximum absolute atomic E-state index is 5.37. The second-order valence-corrected chi connectivity index (χ2v) is 6.55. The number of morpholine rings is 1. The average Bonchev–Trinajstić information content (AvgIpc) is 2.76. The molecule has 0 spiro atoms. The molecule has 2 saturated heterocycles. The maximum atomic E-state index is 5.37. The van der Waals surface area contributed by atoms with Crippen LogP contribution in [0.25, 0.3) is 0 Å². The molecule has 0 saturated carbocycles. The smallest absolute Gasteiger partial charge is 0.247 e. The molecule has 0 atom stereocenters. The van der Waals surface area contributed by atoms with Crippen molar-refractivity contribution in [1.29, 1.82) is 0 Å². The molecule has 0 aromatic carbocycles. The molecule has 0 amide bonds. The van der Waals surface area contributed by atoms with Crippen LogP contribution in [0.1, 0.15) is 0 Å². The number of aromatic nitrogens is 5. The Kier molecular flexibility index (Phi) is 5.85. The van der Waals surface area contributed by atoms with Crippen molar-refractivity contribution < 1.29 is 4.74 Å². The van der Waals surface area contributed by atoms with Crippen molar-refractivity contribution in [2.45, 2.75) is 0 Å². The van der Waals surface area contributed by atoms with Crippen molar-refractivity contribution in [3.05, 3.63) is 24.7 Å². The molecule has 2 aromatic rings. The number of nitrogens with one attached hydrogen (secondary N) is 1. The summed E-state index contributed by atoms with van der Waals surface area (Å²) < 4.78 is 5.37. The van der Waals surface area contributed by atoms with Crippen LogP contribution in [0.15, 0.2) is 24.7 Å². The summed E-state index contributed by atoms with van der Waals surface area (Å²) in [5.41, 5.74) is 0. The van der Waals surface area contributed by atoms with Crippen LogP contribution in [-0.4, -0.2) is 95.6 Å². The average molecular weight is 371 g/mol. The third-order valence-electron chi connectivity index (χ3n) is 4.78. The first-order valence-corrected chi connectivity index (χ1v) is 9.39. The van der Waals surface area contributed by atoms with Gasteiger partial charge in [0.15, 0.2) is 5.82 Å². The van der Waals surface area contributed by atoms with E-state index >= 15 is 0 Å². The molecular formula is C17H25N9O. The van der Waals surface area contributed by atoms with E-state index in [4.69, 9.17) is 4.74 Å². The SMILES string of the molecule is c1cnc(N2CCN(c3nncc(NCCN4CCOCC4)n3)CC2)nc1. The molecule has 10 heteroatoms. The minimum atomic E-state index is 0.667. The lowest BCUT2D eigenvalue weighted by molar-refractivity contribution is 0.0398. The standard InChI is InChI=1S/C17H25N9O/c1-2-19-16(20-3-1)25-6-8-26(9-7-25)17-22-15(14-21-23-17)18-4-5-24-10-12-27-13-11-24/h1-3,14H,4-13H2,(H,18,22,23). The van der Waals surface area contributed by atoms with Crippen molar-refractivity contribution in [3.63, 3.8) is 0 Å². The second-order valence-electron chi connectivity index (χ2n) is 6.55. The van der Waals surface area contributed by atoms with Gasteiger partial charge in [-0.1, -0.05) is 0 Å². The van der Waals surface area contributed by atoms with Gasteiger partial charge in [0.2, 0.25) is 11.9 Å². The van der Waals surface area contributed by atoms with Gasteiger partial charge in [0.1, 0.15) is 0 Å². The van der Waals surface area contributed by atoms with E-state index in [1.54, 1.807) is 18.6 Å². The van der Waals surface area contributed by atoms with Crippen LogP contribution < -0.4 is 15.1 Å². The van der Waals surface area contributed by atoms with E-state index in [-0.39, 0.29) is 0 Å². The van der Waals surface area contributed by atoms with Gasteiger partial charge in [-0.2, -0.15) is 10.1 Å². The molecule has 1 N–H and O–H groups in total. The molecule has 27 heavy (non-hydrogen) atoms.